The Labute approximate surface area is 93.4 Å². The Bertz CT molecular complexity index is 330. The van der Waals surface area contributed by atoms with E-state index >= 15 is 0 Å². The molecule has 1 aliphatic carbocycles. The fourth-order valence-electron chi connectivity index (χ4n) is 2.32. The highest BCUT2D eigenvalue weighted by Gasteiger charge is 2.47. The number of amides is 2. The summed E-state index contributed by atoms with van der Waals surface area (Å²) in [7, 11) is 0. The van der Waals surface area contributed by atoms with Gasteiger partial charge in [-0.2, -0.15) is 0 Å². The minimum atomic E-state index is -0.884. The van der Waals surface area contributed by atoms with Crippen molar-refractivity contribution in [1.29, 1.82) is 0 Å². The van der Waals surface area contributed by atoms with E-state index in [2.05, 4.69) is 0 Å². The van der Waals surface area contributed by atoms with Crippen molar-refractivity contribution in [1.82, 2.24) is 4.90 Å². The van der Waals surface area contributed by atoms with Gasteiger partial charge in [0.2, 0.25) is 11.8 Å². The largest absolute Gasteiger partial charge is 0.481 e. The molecular formula is C11H15NO4. The summed E-state index contributed by atoms with van der Waals surface area (Å²) in [4.78, 5) is 35.4. The molecule has 1 heterocycles. The SMILES string of the molecule is O=C1CCCC(=O)N1CC1(C(=O)O)CCC1. The van der Waals surface area contributed by atoms with Gasteiger partial charge in [-0.3, -0.25) is 19.3 Å². The summed E-state index contributed by atoms with van der Waals surface area (Å²) in [5.41, 5.74) is -0.858. The lowest BCUT2D eigenvalue weighted by Gasteiger charge is -2.41. The Balaban J connectivity index is 2.10. The molecular weight excluding hydrogens is 210 g/mol. The minimum Gasteiger partial charge on any atom is -0.481 e. The molecule has 1 saturated carbocycles. The van der Waals surface area contributed by atoms with Gasteiger partial charge in [-0.15, -0.1) is 0 Å². The Morgan fingerprint density at radius 1 is 1.19 bits per heavy atom. The normalized spacial score (nSPS) is 24.1. The van der Waals surface area contributed by atoms with E-state index in [4.69, 9.17) is 5.11 Å². The van der Waals surface area contributed by atoms with Crippen LogP contribution in [0.15, 0.2) is 0 Å². The first-order valence-electron chi connectivity index (χ1n) is 5.62. The molecule has 2 amide bonds. The van der Waals surface area contributed by atoms with E-state index in [0.29, 0.717) is 32.1 Å². The summed E-state index contributed by atoms with van der Waals surface area (Å²) in [5.74, 6) is -1.32. The number of hydrogen-bond acceptors (Lipinski definition) is 3. The van der Waals surface area contributed by atoms with Crippen LogP contribution in [-0.2, 0) is 14.4 Å². The van der Waals surface area contributed by atoms with Gasteiger partial charge in [0.05, 0.1) is 5.41 Å². The number of carbonyl (C=O) groups excluding carboxylic acids is 2. The predicted molar refractivity (Wildman–Crippen MR) is 54.5 cm³/mol. The second kappa shape index (κ2) is 3.88. The number of rotatable bonds is 3. The number of carboxylic acids is 1. The van der Waals surface area contributed by atoms with E-state index in [-0.39, 0.29) is 18.4 Å². The fraction of sp³-hybridized carbons (Fsp3) is 0.727. The lowest BCUT2D eigenvalue weighted by atomic mass is 9.68. The van der Waals surface area contributed by atoms with Crippen LogP contribution in [0.25, 0.3) is 0 Å². The van der Waals surface area contributed by atoms with Gasteiger partial charge in [-0.25, -0.2) is 0 Å². The van der Waals surface area contributed by atoms with Crippen molar-refractivity contribution in [3.63, 3.8) is 0 Å². The third kappa shape index (κ3) is 1.70. The molecule has 1 aliphatic heterocycles. The third-order valence-corrected chi connectivity index (χ3v) is 3.61. The quantitative estimate of drug-likeness (QED) is 0.720. The van der Waals surface area contributed by atoms with Gasteiger partial charge in [-0.05, 0) is 19.3 Å². The van der Waals surface area contributed by atoms with E-state index in [1.54, 1.807) is 0 Å². The first-order chi connectivity index (χ1) is 7.55. The second-order valence-corrected chi connectivity index (χ2v) is 4.67. The topological polar surface area (TPSA) is 74.7 Å². The summed E-state index contributed by atoms with van der Waals surface area (Å²) >= 11 is 0. The number of likely N-dealkylation sites (tertiary alicyclic amines) is 1. The van der Waals surface area contributed by atoms with Crippen LogP contribution in [0.2, 0.25) is 0 Å². The number of piperidine rings is 1. The maximum Gasteiger partial charge on any atom is 0.311 e. The van der Waals surface area contributed by atoms with Gasteiger partial charge in [0.15, 0.2) is 0 Å². The van der Waals surface area contributed by atoms with Crippen LogP contribution >= 0.6 is 0 Å². The molecule has 1 N–H and O–H groups in total. The molecule has 2 aliphatic rings. The molecule has 88 valence electrons. The predicted octanol–water partition coefficient (Wildman–Crippen LogP) is 0.780. The average Bonchev–Trinajstić information content (AvgIpc) is 2.14. The van der Waals surface area contributed by atoms with Crippen LogP contribution < -0.4 is 0 Å². The molecule has 0 unspecified atom stereocenters. The molecule has 0 aromatic heterocycles. The number of carboxylic acid groups (broad SMARTS) is 1. The lowest BCUT2D eigenvalue weighted by molar-refractivity contribution is -0.161. The molecule has 0 aromatic carbocycles. The summed E-state index contributed by atoms with van der Waals surface area (Å²) < 4.78 is 0. The lowest BCUT2D eigenvalue weighted by Crippen LogP contribution is -2.52. The van der Waals surface area contributed by atoms with E-state index in [9.17, 15) is 14.4 Å². The summed E-state index contributed by atoms with van der Waals surface area (Å²) in [6.45, 7) is 0.0694. The maximum atomic E-state index is 11.6. The van der Waals surface area contributed by atoms with Gasteiger partial charge >= 0.3 is 5.97 Å². The highest BCUT2D eigenvalue weighted by atomic mass is 16.4. The zero-order chi connectivity index (χ0) is 11.8. The molecule has 1 saturated heterocycles. The monoisotopic (exact) mass is 225 g/mol. The third-order valence-electron chi connectivity index (χ3n) is 3.61. The number of aliphatic carboxylic acids is 1. The Morgan fingerprint density at radius 2 is 1.75 bits per heavy atom. The van der Waals surface area contributed by atoms with Crippen LogP contribution in [0.1, 0.15) is 38.5 Å². The number of carbonyl (C=O) groups is 3. The van der Waals surface area contributed by atoms with Crippen LogP contribution in [0.3, 0.4) is 0 Å². The van der Waals surface area contributed by atoms with Crippen LogP contribution in [0, 0.1) is 5.41 Å². The first-order valence-corrected chi connectivity index (χ1v) is 5.62. The van der Waals surface area contributed by atoms with Crippen LogP contribution in [0.5, 0.6) is 0 Å². The smallest absolute Gasteiger partial charge is 0.311 e. The molecule has 5 nitrogen and oxygen atoms in total. The van der Waals surface area contributed by atoms with E-state index in [1.807, 2.05) is 0 Å². The summed E-state index contributed by atoms with van der Waals surface area (Å²) in [6.07, 6.45) is 3.32. The van der Waals surface area contributed by atoms with Gasteiger partial charge < -0.3 is 5.11 Å². The van der Waals surface area contributed by atoms with Crippen molar-refractivity contribution in [3.8, 4) is 0 Å². The van der Waals surface area contributed by atoms with Gasteiger partial charge in [0.25, 0.3) is 0 Å². The van der Waals surface area contributed by atoms with Crippen molar-refractivity contribution in [3.05, 3.63) is 0 Å². The van der Waals surface area contributed by atoms with Crippen molar-refractivity contribution in [2.45, 2.75) is 38.5 Å². The number of nitrogens with zero attached hydrogens (tertiary/aromatic N) is 1. The fourth-order valence-corrected chi connectivity index (χ4v) is 2.32. The van der Waals surface area contributed by atoms with Gasteiger partial charge in [-0.1, -0.05) is 6.42 Å². The van der Waals surface area contributed by atoms with Crippen molar-refractivity contribution in [2.75, 3.05) is 6.54 Å². The molecule has 5 heteroatoms. The molecule has 2 fully saturated rings. The van der Waals surface area contributed by atoms with Gasteiger partial charge in [0, 0.05) is 19.4 Å². The first kappa shape index (κ1) is 11.1. The second-order valence-electron chi connectivity index (χ2n) is 4.67. The molecule has 0 radical (unpaired) electrons. The summed E-state index contributed by atoms with van der Waals surface area (Å²) in [6, 6.07) is 0. The number of imide groups is 1. The van der Waals surface area contributed by atoms with Gasteiger partial charge in [0.1, 0.15) is 0 Å². The highest BCUT2D eigenvalue weighted by Crippen LogP contribution is 2.42. The average molecular weight is 225 g/mol. The standard InChI is InChI=1S/C11H15NO4/c13-8-3-1-4-9(14)12(8)7-11(10(15)16)5-2-6-11/h1-7H2,(H,15,16). The molecule has 0 aromatic rings. The number of hydrogen-bond donors (Lipinski definition) is 1. The Kier molecular flexibility index (Phi) is 2.69. The van der Waals surface area contributed by atoms with Crippen LogP contribution in [0.4, 0.5) is 0 Å². The van der Waals surface area contributed by atoms with Crippen molar-refractivity contribution in [2.24, 2.45) is 5.41 Å². The zero-order valence-corrected chi connectivity index (χ0v) is 9.07. The molecule has 0 bridgehead atoms. The molecule has 2 rings (SSSR count). The summed E-state index contributed by atoms with van der Waals surface area (Å²) in [5, 5.41) is 9.14. The molecule has 16 heavy (non-hydrogen) atoms. The zero-order valence-electron chi connectivity index (χ0n) is 9.07. The van der Waals surface area contributed by atoms with E-state index in [0.717, 1.165) is 11.3 Å². The van der Waals surface area contributed by atoms with Crippen molar-refractivity contribution < 1.29 is 19.5 Å². The maximum absolute atomic E-state index is 11.6. The van der Waals surface area contributed by atoms with E-state index < -0.39 is 11.4 Å². The molecule has 0 atom stereocenters. The van der Waals surface area contributed by atoms with E-state index in [1.165, 1.54) is 0 Å². The highest BCUT2D eigenvalue weighted by molar-refractivity contribution is 5.98. The Morgan fingerprint density at radius 3 is 2.12 bits per heavy atom. The van der Waals surface area contributed by atoms with Crippen molar-refractivity contribution >= 4 is 17.8 Å². The Hall–Kier alpha value is -1.39. The van der Waals surface area contributed by atoms with Crippen LogP contribution in [-0.4, -0.2) is 34.3 Å². The minimum absolute atomic E-state index is 0.0694. The molecule has 0 spiro atoms.